The van der Waals surface area contributed by atoms with Crippen molar-refractivity contribution in [1.29, 1.82) is 0 Å². The van der Waals surface area contributed by atoms with Crippen molar-refractivity contribution in [2.45, 2.75) is 57.0 Å². The number of H-pyrrole nitrogens is 1. The Hall–Kier alpha value is -5.94. The monoisotopic (exact) mass is 717 g/mol. The third-order valence-electron chi connectivity index (χ3n) is 9.81. The summed E-state index contributed by atoms with van der Waals surface area (Å²) < 4.78 is 5.19. The van der Waals surface area contributed by atoms with Crippen LogP contribution in [0.3, 0.4) is 0 Å². The van der Waals surface area contributed by atoms with Crippen LogP contribution in [-0.2, 0) is 28.9 Å². The van der Waals surface area contributed by atoms with Crippen molar-refractivity contribution in [1.82, 2.24) is 9.97 Å². The number of hydrogen-bond acceptors (Lipinski definition) is 8. The van der Waals surface area contributed by atoms with Crippen LogP contribution in [-0.4, -0.2) is 61.8 Å². The molecule has 0 amide bonds. The van der Waals surface area contributed by atoms with Gasteiger partial charge in [-0.05, 0) is 103 Å². The number of hydrogen-bond donors (Lipinski definition) is 6. The summed E-state index contributed by atoms with van der Waals surface area (Å²) in [7, 11) is 1.45. The van der Waals surface area contributed by atoms with Gasteiger partial charge in [0.25, 0.3) is 0 Å². The molecule has 6 rings (SSSR count). The normalized spacial score (nSPS) is 15.7. The number of aromatic nitrogens is 2. The van der Waals surface area contributed by atoms with Crippen LogP contribution in [0.4, 0.5) is 5.82 Å². The molecule has 0 fully saturated rings. The number of methoxy groups -OCH3 is 1. The smallest absolute Gasteiger partial charge is 0.160 e. The second kappa shape index (κ2) is 16.6. The molecule has 11 heteroatoms. The number of phenolic OH excluding ortho intramolecular Hbond substituents is 4. The van der Waals surface area contributed by atoms with E-state index >= 15 is 0 Å². The highest BCUT2D eigenvalue weighted by Gasteiger charge is 2.36. The van der Waals surface area contributed by atoms with Crippen molar-refractivity contribution in [2.24, 2.45) is 5.92 Å². The zero-order valence-electron chi connectivity index (χ0n) is 29.4. The van der Waals surface area contributed by atoms with Crippen LogP contribution in [0.5, 0.6) is 28.7 Å². The molecule has 0 saturated carbocycles. The number of aryl methyl sites for hydroxylation is 2. The number of aliphatic hydroxyl groups is 1. The Morgan fingerprint density at radius 2 is 1.70 bits per heavy atom. The number of nitrogens with zero attached hydrogens (tertiary/aromatic N) is 2. The Morgan fingerprint density at radius 3 is 2.49 bits per heavy atom. The molecule has 0 radical (unpaired) electrons. The molecule has 0 aliphatic heterocycles. The second-order valence-corrected chi connectivity index (χ2v) is 13.5. The molecule has 2 heterocycles. The maximum absolute atomic E-state index is 14.3. The second-order valence-electron chi connectivity index (χ2n) is 13.5. The maximum atomic E-state index is 14.3. The Kier molecular flexibility index (Phi) is 11.5. The first-order valence-electron chi connectivity index (χ1n) is 17.6. The standard InChI is InChI=1S/C42H43N3O8/c1-53-40-20-26(7-12-37(40)50)6-10-32(48)23-39(52)41-29(24-45-42-28(13-15-44-42)17-27-8-11-36(49)38(51)19-27)21-35-33(14-16-43-35)34(41)22-31(47)9-5-25-3-2-4-30(46)18-25/h2-4,7-8,11-16,18-21,31,34,41,44,46-47,49-51H,5-6,9-10,17,22-24H2,1H3/q-2/t31-,34-,41-/m1/s1. The molecule has 1 aliphatic carbocycles. The van der Waals surface area contributed by atoms with Crippen LogP contribution in [0.15, 0.2) is 90.8 Å². The third kappa shape index (κ3) is 9.11. The number of carbonyl (C=O) groups excluding carboxylic acids is 2. The van der Waals surface area contributed by atoms with E-state index in [1.807, 2.05) is 24.3 Å². The van der Waals surface area contributed by atoms with Gasteiger partial charge in [0.2, 0.25) is 0 Å². The summed E-state index contributed by atoms with van der Waals surface area (Å²) in [5.74, 6) is -1.04. The average Bonchev–Trinajstić information content (AvgIpc) is 3.80. The van der Waals surface area contributed by atoms with Crippen LogP contribution in [0.1, 0.15) is 65.1 Å². The lowest BCUT2D eigenvalue weighted by atomic mass is 9.71. The molecular formula is C42H43N3O8-2. The van der Waals surface area contributed by atoms with Crippen LogP contribution in [0.25, 0.3) is 11.4 Å². The van der Waals surface area contributed by atoms with E-state index in [0.717, 1.165) is 27.8 Å². The molecule has 0 saturated heterocycles. The molecule has 2 aromatic heterocycles. The highest BCUT2D eigenvalue weighted by molar-refractivity contribution is 6.02. The van der Waals surface area contributed by atoms with E-state index in [-0.39, 0.29) is 60.4 Å². The van der Waals surface area contributed by atoms with Crippen molar-refractivity contribution < 1.29 is 39.9 Å². The highest BCUT2D eigenvalue weighted by Crippen LogP contribution is 2.44. The number of nitrogens with one attached hydrogen (secondary N) is 1. The number of rotatable bonds is 17. The number of Topliss-reactive ketones (excluding diaryl/α,β-unsaturated/α-hetero) is 2. The number of benzene rings is 3. The Balaban J connectivity index is 1.21. The minimum atomic E-state index is -0.784. The van der Waals surface area contributed by atoms with Crippen molar-refractivity contribution in [3.8, 4) is 28.7 Å². The molecule has 6 N–H and O–H groups in total. The molecule has 0 unspecified atom stereocenters. The Morgan fingerprint density at radius 1 is 0.906 bits per heavy atom. The first-order valence-corrected chi connectivity index (χ1v) is 17.6. The quantitative estimate of drug-likeness (QED) is 0.0447. The van der Waals surface area contributed by atoms with Gasteiger partial charge in [-0.2, -0.15) is 6.20 Å². The predicted molar refractivity (Wildman–Crippen MR) is 200 cm³/mol. The van der Waals surface area contributed by atoms with Crippen molar-refractivity contribution in [2.75, 3.05) is 13.7 Å². The van der Waals surface area contributed by atoms with Gasteiger partial charge in [0.15, 0.2) is 23.0 Å². The van der Waals surface area contributed by atoms with Crippen LogP contribution in [0, 0.1) is 5.92 Å². The van der Waals surface area contributed by atoms with Crippen LogP contribution in [0.2, 0.25) is 0 Å². The van der Waals surface area contributed by atoms with Gasteiger partial charge in [-0.1, -0.05) is 65.6 Å². The first kappa shape index (κ1) is 36.8. The molecule has 3 atom stereocenters. The lowest BCUT2D eigenvalue weighted by Crippen LogP contribution is -2.32. The van der Waals surface area contributed by atoms with Gasteiger partial charge in [0.05, 0.1) is 19.6 Å². The molecule has 5 aromatic rings. The van der Waals surface area contributed by atoms with E-state index in [2.05, 4.69) is 9.97 Å². The van der Waals surface area contributed by atoms with Crippen LogP contribution >= 0.6 is 0 Å². The lowest BCUT2D eigenvalue weighted by Gasteiger charge is -2.37. The number of carbonyl (C=O) groups is 2. The lowest BCUT2D eigenvalue weighted by molar-refractivity contribution is -0.129. The topological polar surface area (TPSA) is 189 Å². The van der Waals surface area contributed by atoms with E-state index in [4.69, 9.17) is 10.1 Å². The number of fused-ring (bicyclic) bond motifs is 1. The van der Waals surface area contributed by atoms with E-state index in [0.29, 0.717) is 48.5 Å². The average molecular weight is 718 g/mol. The number of ketones is 2. The fourth-order valence-electron chi connectivity index (χ4n) is 7.10. The third-order valence-corrected chi connectivity index (χ3v) is 9.81. The van der Waals surface area contributed by atoms with Crippen molar-refractivity contribution in [3.63, 3.8) is 0 Å². The fraction of sp³-hybridized carbons (Fsp3) is 0.286. The molecule has 276 valence electrons. The first-order chi connectivity index (χ1) is 25.6. The van der Waals surface area contributed by atoms with E-state index < -0.39 is 17.9 Å². The Bertz CT molecular complexity index is 2100. The molecule has 0 spiro atoms. The maximum Gasteiger partial charge on any atom is 0.160 e. The zero-order chi connectivity index (χ0) is 37.5. The van der Waals surface area contributed by atoms with E-state index in [1.165, 1.54) is 25.3 Å². The van der Waals surface area contributed by atoms with Crippen LogP contribution < -0.4 is 9.72 Å². The zero-order valence-corrected chi connectivity index (χ0v) is 29.4. The summed E-state index contributed by atoms with van der Waals surface area (Å²) >= 11 is 0. The number of ether oxygens (including phenoxy) is 1. The van der Waals surface area contributed by atoms with Crippen molar-refractivity contribution in [3.05, 3.63) is 130 Å². The summed E-state index contributed by atoms with van der Waals surface area (Å²) in [6, 6.07) is 20.2. The van der Waals surface area contributed by atoms with E-state index in [9.17, 15) is 35.1 Å². The minimum absolute atomic E-state index is 0.00224. The fourth-order valence-corrected chi connectivity index (χ4v) is 7.10. The summed E-state index contributed by atoms with van der Waals surface area (Å²) in [4.78, 5) is 35.4. The molecule has 3 aromatic carbocycles. The number of aliphatic hydroxyl groups excluding tert-OH is 1. The van der Waals surface area contributed by atoms with Gasteiger partial charge in [0, 0.05) is 12.3 Å². The van der Waals surface area contributed by atoms with Gasteiger partial charge in [0.1, 0.15) is 17.3 Å². The van der Waals surface area contributed by atoms with Gasteiger partial charge in [-0.25, -0.2) is 0 Å². The van der Waals surface area contributed by atoms with Gasteiger partial charge in [-0.3, -0.25) is 9.59 Å². The number of aromatic hydroxyl groups is 4. The van der Waals surface area contributed by atoms with Gasteiger partial charge >= 0.3 is 0 Å². The van der Waals surface area contributed by atoms with Crippen molar-refractivity contribution >= 4 is 23.5 Å². The highest BCUT2D eigenvalue weighted by atomic mass is 16.5. The molecular weight excluding hydrogens is 674 g/mol. The molecule has 53 heavy (non-hydrogen) atoms. The molecule has 0 bridgehead atoms. The van der Waals surface area contributed by atoms with Gasteiger partial charge in [-0.15, -0.1) is 5.69 Å². The summed E-state index contributed by atoms with van der Waals surface area (Å²) in [5, 5.41) is 55.8. The minimum Gasteiger partial charge on any atom is -0.664 e. The van der Waals surface area contributed by atoms with E-state index in [1.54, 1.807) is 48.8 Å². The molecule has 11 nitrogen and oxygen atoms in total. The summed E-state index contributed by atoms with van der Waals surface area (Å²) in [6.07, 6.45) is 6.34. The Labute approximate surface area is 307 Å². The number of phenols is 4. The van der Waals surface area contributed by atoms with Gasteiger partial charge < -0.3 is 45.6 Å². The summed E-state index contributed by atoms with van der Waals surface area (Å²) in [5.41, 5.74) is 5.52. The number of aromatic amines is 1. The largest absolute Gasteiger partial charge is 0.664 e. The predicted octanol–water partition coefficient (Wildman–Crippen LogP) is 6.74. The summed E-state index contributed by atoms with van der Waals surface area (Å²) in [6.45, 7) is 0.133. The SMILES string of the molecule is COc1cc(CCC(=O)CC(=O)[C@@H]2C(C[N-]c3[nH]ccc3Cc3ccc(O)c(O)c3)=Cc3[n-]ccc3[C@H]2C[C@H](O)CCc2cccc(O)c2)ccc1O. The molecule has 1 aliphatic rings.